The fraction of sp³-hybridized carbons (Fsp3) is 0.238. The first-order chi connectivity index (χ1) is 12.8. The molecule has 0 atom stereocenters. The van der Waals surface area contributed by atoms with E-state index >= 15 is 0 Å². The Kier molecular flexibility index (Phi) is 5.59. The molecule has 0 radical (unpaired) electrons. The molecule has 3 rings (SSSR count). The third kappa shape index (κ3) is 3.73. The Morgan fingerprint density at radius 2 is 1.81 bits per heavy atom. The summed E-state index contributed by atoms with van der Waals surface area (Å²) in [6.45, 7) is 6.08. The van der Waals surface area contributed by atoms with Gasteiger partial charge in [-0.2, -0.15) is 5.10 Å². The van der Waals surface area contributed by atoms with Gasteiger partial charge in [0.1, 0.15) is 11.3 Å². The van der Waals surface area contributed by atoms with Gasteiger partial charge in [0.2, 0.25) is 0 Å². The smallest absolute Gasteiger partial charge is 0.339 e. The summed E-state index contributed by atoms with van der Waals surface area (Å²) in [6.07, 6.45) is 1.40. The lowest BCUT2D eigenvalue weighted by Gasteiger charge is -2.09. The van der Waals surface area contributed by atoms with E-state index in [1.165, 1.54) is 5.56 Å². The van der Waals surface area contributed by atoms with Crippen molar-refractivity contribution in [2.24, 2.45) is 0 Å². The van der Waals surface area contributed by atoms with E-state index in [4.69, 9.17) is 23.2 Å². The second kappa shape index (κ2) is 7.75. The van der Waals surface area contributed by atoms with Crippen molar-refractivity contribution in [2.75, 3.05) is 0 Å². The Bertz CT molecular complexity index is 1030. The Balaban J connectivity index is 2.29. The molecular weight excluding hydrogens is 383 g/mol. The van der Waals surface area contributed by atoms with Gasteiger partial charge in [0.25, 0.3) is 0 Å². The molecule has 0 fully saturated rings. The Morgan fingerprint density at radius 1 is 1.07 bits per heavy atom. The first kappa shape index (κ1) is 19.5. The van der Waals surface area contributed by atoms with Crippen molar-refractivity contribution in [3.63, 3.8) is 0 Å². The van der Waals surface area contributed by atoms with Crippen molar-refractivity contribution < 1.29 is 9.90 Å². The molecule has 0 spiro atoms. The van der Waals surface area contributed by atoms with Gasteiger partial charge in [-0.05, 0) is 55.7 Å². The minimum Gasteiger partial charge on any atom is -0.478 e. The highest BCUT2D eigenvalue weighted by atomic mass is 35.5. The van der Waals surface area contributed by atoms with Crippen LogP contribution in [0, 0.1) is 13.8 Å². The van der Waals surface area contributed by atoms with Crippen LogP contribution in [0.2, 0.25) is 10.0 Å². The molecule has 3 aromatic rings. The number of benzene rings is 2. The van der Waals surface area contributed by atoms with Crippen LogP contribution in [-0.2, 0) is 6.42 Å². The lowest BCUT2D eigenvalue weighted by atomic mass is 10.0. The summed E-state index contributed by atoms with van der Waals surface area (Å²) in [5.41, 5.74) is 5.03. The van der Waals surface area contributed by atoms with Crippen LogP contribution in [-0.4, -0.2) is 20.9 Å². The zero-order valence-corrected chi connectivity index (χ0v) is 16.9. The number of aryl methyl sites for hydroxylation is 2. The monoisotopic (exact) mass is 402 g/mol. The third-order valence-electron chi connectivity index (χ3n) is 4.61. The van der Waals surface area contributed by atoms with Crippen LogP contribution in [0.5, 0.6) is 0 Å². The molecule has 0 saturated heterocycles. The van der Waals surface area contributed by atoms with Crippen molar-refractivity contribution in [2.45, 2.75) is 33.6 Å². The van der Waals surface area contributed by atoms with E-state index in [1.54, 1.807) is 22.9 Å². The zero-order valence-electron chi connectivity index (χ0n) is 15.4. The molecule has 0 aliphatic carbocycles. The van der Waals surface area contributed by atoms with E-state index in [9.17, 15) is 9.90 Å². The van der Waals surface area contributed by atoms with Crippen LogP contribution in [0.25, 0.3) is 16.9 Å². The number of halogens is 2. The second-order valence-electron chi connectivity index (χ2n) is 6.53. The predicted molar refractivity (Wildman–Crippen MR) is 109 cm³/mol. The fourth-order valence-electron chi connectivity index (χ4n) is 3.06. The van der Waals surface area contributed by atoms with Gasteiger partial charge in [0.15, 0.2) is 0 Å². The molecule has 27 heavy (non-hydrogen) atoms. The molecule has 0 amide bonds. The number of rotatable bonds is 5. The molecule has 0 unspecified atom stereocenters. The Labute approximate surface area is 168 Å². The molecule has 1 aromatic heterocycles. The van der Waals surface area contributed by atoms with Gasteiger partial charge in [-0.1, -0.05) is 48.7 Å². The maximum atomic E-state index is 12.1. The molecule has 0 saturated carbocycles. The first-order valence-electron chi connectivity index (χ1n) is 8.71. The highest BCUT2D eigenvalue weighted by Gasteiger charge is 2.25. The van der Waals surface area contributed by atoms with E-state index in [2.05, 4.69) is 5.10 Å². The molecule has 0 aliphatic rings. The number of aromatic carboxylic acids is 1. The van der Waals surface area contributed by atoms with Crippen molar-refractivity contribution in [1.29, 1.82) is 0 Å². The van der Waals surface area contributed by atoms with Crippen LogP contribution in [0.15, 0.2) is 36.4 Å². The van der Waals surface area contributed by atoms with Crippen molar-refractivity contribution in [3.05, 3.63) is 68.8 Å². The number of carbonyl (C=O) groups is 1. The summed E-state index contributed by atoms with van der Waals surface area (Å²) in [7, 11) is 0. The Hall–Kier alpha value is -2.30. The summed E-state index contributed by atoms with van der Waals surface area (Å²) < 4.78 is 1.73. The van der Waals surface area contributed by atoms with Gasteiger partial charge in [-0.3, -0.25) is 0 Å². The fourth-order valence-corrected chi connectivity index (χ4v) is 3.36. The third-order valence-corrected chi connectivity index (χ3v) is 5.35. The summed E-state index contributed by atoms with van der Waals surface area (Å²) in [5, 5.41) is 15.4. The van der Waals surface area contributed by atoms with Gasteiger partial charge >= 0.3 is 5.97 Å². The van der Waals surface area contributed by atoms with Gasteiger partial charge in [-0.15, -0.1) is 0 Å². The standard InChI is InChI=1S/C21H20Cl2N2O2/c1-4-5-18-19(21(26)27)20(14-7-9-16(22)17(23)11-14)24-25(18)15-8-6-12(2)13(3)10-15/h6-11H,4-5H2,1-3H3,(H,26,27). The predicted octanol–water partition coefficient (Wildman–Crippen LogP) is 6.11. The lowest BCUT2D eigenvalue weighted by molar-refractivity contribution is 0.0696. The summed E-state index contributed by atoms with van der Waals surface area (Å²) in [4.78, 5) is 12.1. The van der Waals surface area contributed by atoms with Crippen LogP contribution in [0.1, 0.15) is 40.5 Å². The number of carboxylic acids is 1. The van der Waals surface area contributed by atoms with E-state index in [1.807, 2.05) is 39.0 Å². The SMILES string of the molecule is CCCc1c(C(=O)O)c(-c2ccc(Cl)c(Cl)c2)nn1-c1ccc(C)c(C)c1. The molecule has 6 heteroatoms. The highest BCUT2D eigenvalue weighted by molar-refractivity contribution is 6.42. The summed E-state index contributed by atoms with van der Waals surface area (Å²) in [6, 6.07) is 11.0. The van der Waals surface area contributed by atoms with Crippen LogP contribution in [0.3, 0.4) is 0 Å². The van der Waals surface area contributed by atoms with Crippen molar-refractivity contribution >= 4 is 29.2 Å². The van der Waals surface area contributed by atoms with E-state index in [0.717, 1.165) is 17.7 Å². The number of aromatic nitrogens is 2. The average Bonchev–Trinajstić information content (AvgIpc) is 2.99. The minimum absolute atomic E-state index is 0.202. The van der Waals surface area contributed by atoms with Crippen LogP contribution in [0.4, 0.5) is 0 Å². The number of hydrogen-bond acceptors (Lipinski definition) is 2. The maximum Gasteiger partial charge on any atom is 0.339 e. The Morgan fingerprint density at radius 3 is 2.41 bits per heavy atom. The molecule has 2 aromatic carbocycles. The van der Waals surface area contributed by atoms with Gasteiger partial charge in [0, 0.05) is 5.56 Å². The number of carboxylic acid groups (broad SMARTS) is 1. The second-order valence-corrected chi connectivity index (χ2v) is 7.35. The van der Waals surface area contributed by atoms with E-state index < -0.39 is 5.97 Å². The van der Waals surface area contributed by atoms with Crippen LogP contribution >= 0.6 is 23.2 Å². The quantitative estimate of drug-likeness (QED) is 0.559. The van der Waals surface area contributed by atoms with E-state index in [-0.39, 0.29) is 5.56 Å². The largest absolute Gasteiger partial charge is 0.478 e. The van der Waals surface area contributed by atoms with Gasteiger partial charge in [-0.25, -0.2) is 9.48 Å². The van der Waals surface area contributed by atoms with Crippen molar-refractivity contribution in [3.8, 4) is 16.9 Å². The molecule has 0 aliphatic heterocycles. The first-order valence-corrected chi connectivity index (χ1v) is 9.47. The molecule has 1 N–H and O–H groups in total. The lowest BCUT2D eigenvalue weighted by Crippen LogP contribution is -2.07. The highest BCUT2D eigenvalue weighted by Crippen LogP contribution is 2.33. The average molecular weight is 403 g/mol. The van der Waals surface area contributed by atoms with Crippen molar-refractivity contribution in [1.82, 2.24) is 9.78 Å². The molecule has 4 nitrogen and oxygen atoms in total. The van der Waals surface area contributed by atoms with Gasteiger partial charge < -0.3 is 5.11 Å². The minimum atomic E-state index is -1.00. The number of nitrogens with zero attached hydrogens (tertiary/aromatic N) is 2. The molecule has 0 bridgehead atoms. The normalized spacial score (nSPS) is 11.0. The number of hydrogen-bond donors (Lipinski definition) is 1. The topological polar surface area (TPSA) is 55.1 Å². The summed E-state index contributed by atoms with van der Waals surface area (Å²) >= 11 is 12.2. The molecule has 1 heterocycles. The van der Waals surface area contributed by atoms with Gasteiger partial charge in [0.05, 0.1) is 21.4 Å². The summed E-state index contributed by atoms with van der Waals surface area (Å²) in [5.74, 6) is -1.00. The van der Waals surface area contributed by atoms with Crippen LogP contribution < -0.4 is 0 Å². The maximum absolute atomic E-state index is 12.1. The molecule has 140 valence electrons. The molecular formula is C21H20Cl2N2O2. The van der Waals surface area contributed by atoms with E-state index in [0.29, 0.717) is 33.4 Å². The zero-order chi connectivity index (χ0) is 19.7.